The molecule has 1 amide bonds. The molecule has 0 aliphatic heterocycles. The molecule has 0 rings (SSSR count). The van der Waals surface area contributed by atoms with Gasteiger partial charge in [0.25, 0.3) is 0 Å². The Morgan fingerprint density at radius 1 is 1.09 bits per heavy atom. The lowest BCUT2D eigenvalue weighted by Gasteiger charge is -2.29. The minimum Gasteiger partial charge on any atom is -0.357 e. The van der Waals surface area contributed by atoms with Crippen molar-refractivity contribution in [2.45, 2.75) is 53.1 Å². The summed E-state index contributed by atoms with van der Waals surface area (Å²) in [5.74, 6) is 0.899. The summed E-state index contributed by atoms with van der Waals surface area (Å²) in [6, 6.07) is 1.03. The number of carbonyl (C=O) groups excluding carboxylic acids is 1. The van der Waals surface area contributed by atoms with Gasteiger partial charge < -0.3 is 15.5 Å². The van der Waals surface area contributed by atoms with Gasteiger partial charge in [-0.1, -0.05) is 0 Å². The zero-order chi connectivity index (χ0) is 17.1. The minimum absolute atomic E-state index is 0.120. The second kappa shape index (κ2) is 11.3. The Labute approximate surface area is 136 Å². The van der Waals surface area contributed by atoms with Crippen molar-refractivity contribution in [2.75, 3.05) is 40.3 Å². The second-order valence-corrected chi connectivity index (χ2v) is 6.15. The SMILES string of the molecule is CCNC(=NCCN(C(C)C)C(C)C)NCCC(=O)N(C)C. The molecule has 0 saturated heterocycles. The Kier molecular flexibility index (Phi) is 10.6. The van der Waals surface area contributed by atoms with E-state index in [1.165, 1.54) is 0 Å². The fourth-order valence-electron chi connectivity index (χ4n) is 2.24. The highest BCUT2D eigenvalue weighted by Crippen LogP contribution is 2.03. The van der Waals surface area contributed by atoms with Crippen LogP contribution in [0.4, 0.5) is 0 Å². The molecule has 0 fully saturated rings. The van der Waals surface area contributed by atoms with Crippen LogP contribution in [0.25, 0.3) is 0 Å². The summed E-state index contributed by atoms with van der Waals surface area (Å²) in [5.41, 5.74) is 0. The van der Waals surface area contributed by atoms with Crippen LogP contribution in [0.1, 0.15) is 41.0 Å². The third kappa shape index (κ3) is 8.87. The maximum atomic E-state index is 11.6. The van der Waals surface area contributed by atoms with Gasteiger partial charge in [-0.15, -0.1) is 0 Å². The van der Waals surface area contributed by atoms with E-state index in [1.807, 2.05) is 6.92 Å². The number of hydrogen-bond donors (Lipinski definition) is 2. The van der Waals surface area contributed by atoms with Crippen molar-refractivity contribution in [2.24, 2.45) is 4.99 Å². The van der Waals surface area contributed by atoms with Crippen molar-refractivity contribution in [3.05, 3.63) is 0 Å². The van der Waals surface area contributed by atoms with Gasteiger partial charge in [0.05, 0.1) is 6.54 Å². The maximum absolute atomic E-state index is 11.6. The van der Waals surface area contributed by atoms with E-state index in [0.29, 0.717) is 25.0 Å². The number of guanidine groups is 1. The topological polar surface area (TPSA) is 60.0 Å². The number of hydrogen-bond acceptors (Lipinski definition) is 3. The molecule has 0 aliphatic rings. The van der Waals surface area contributed by atoms with Crippen LogP contribution >= 0.6 is 0 Å². The summed E-state index contributed by atoms with van der Waals surface area (Å²) >= 11 is 0. The molecule has 6 nitrogen and oxygen atoms in total. The molecule has 0 spiro atoms. The Morgan fingerprint density at radius 3 is 2.14 bits per heavy atom. The standard InChI is InChI=1S/C16H35N5O/c1-8-17-16(18-10-9-15(22)20(6)7)19-11-12-21(13(2)3)14(4)5/h13-14H,8-12H2,1-7H3,(H2,17,18,19). The highest BCUT2D eigenvalue weighted by atomic mass is 16.2. The summed E-state index contributed by atoms with van der Waals surface area (Å²) < 4.78 is 0. The number of carbonyl (C=O) groups is 1. The van der Waals surface area contributed by atoms with Gasteiger partial charge in [0.2, 0.25) is 5.91 Å². The quantitative estimate of drug-likeness (QED) is 0.495. The van der Waals surface area contributed by atoms with Crippen LogP contribution in [-0.4, -0.2) is 74.0 Å². The molecule has 0 aromatic rings. The average Bonchev–Trinajstić information content (AvgIpc) is 2.42. The van der Waals surface area contributed by atoms with Crippen LogP contribution in [-0.2, 0) is 4.79 Å². The van der Waals surface area contributed by atoms with Crippen LogP contribution in [0.3, 0.4) is 0 Å². The van der Waals surface area contributed by atoms with E-state index in [4.69, 9.17) is 0 Å². The Hall–Kier alpha value is -1.30. The van der Waals surface area contributed by atoms with E-state index in [-0.39, 0.29) is 5.91 Å². The van der Waals surface area contributed by atoms with Gasteiger partial charge in [-0.3, -0.25) is 14.7 Å². The van der Waals surface area contributed by atoms with Gasteiger partial charge >= 0.3 is 0 Å². The predicted molar refractivity (Wildman–Crippen MR) is 94.3 cm³/mol. The van der Waals surface area contributed by atoms with E-state index >= 15 is 0 Å². The molecule has 130 valence electrons. The third-order valence-electron chi connectivity index (χ3n) is 3.43. The van der Waals surface area contributed by atoms with Crippen molar-refractivity contribution < 1.29 is 4.79 Å². The second-order valence-electron chi connectivity index (χ2n) is 6.15. The summed E-state index contributed by atoms with van der Waals surface area (Å²) in [6.07, 6.45) is 0.474. The summed E-state index contributed by atoms with van der Waals surface area (Å²) in [7, 11) is 3.54. The Morgan fingerprint density at radius 2 is 1.68 bits per heavy atom. The predicted octanol–water partition coefficient (Wildman–Crippen LogP) is 1.14. The first-order chi connectivity index (χ1) is 10.3. The summed E-state index contributed by atoms with van der Waals surface area (Å²) in [5, 5.41) is 6.42. The van der Waals surface area contributed by atoms with Gasteiger partial charge in [-0.2, -0.15) is 0 Å². The van der Waals surface area contributed by atoms with E-state index in [0.717, 1.165) is 25.6 Å². The van der Waals surface area contributed by atoms with Crippen molar-refractivity contribution in [1.82, 2.24) is 20.4 Å². The molecule has 0 unspecified atom stereocenters. The van der Waals surface area contributed by atoms with Crippen LogP contribution in [0.2, 0.25) is 0 Å². The van der Waals surface area contributed by atoms with E-state index in [9.17, 15) is 4.79 Å². The largest absolute Gasteiger partial charge is 0.357 e. The van der Waals surface area contributed by atoms with Gasteiger partial charge in [0.15, 0.2) is 5.96 Å². The zero-order valence-electron chi connectivity index (χ0n) is 15.4. The highest BCUT2D eigenvalue weighted by Gasteiger charge is 2.12. The lowest BCUT2D eigenvalue weighted by atomic mass is 10.2. The maximum Gasteiger partial charge on any atom is 0.223 e. The fraction of sp³-hybridized carbons (Fsp3) is 0.875. The first-order valence-electron chi connectivity index (χ1n) is 8.27. The van der Waals surface area contributed by atoms with Crippen molar-refractivity contribution >= 4 is 11.9 Å². The molecular weight excluding hydrogens is 278 g/mol. The van der Waals surface area contributed by atoms with E-state index < -0.39 is 0 Å². The van der Waals surface area contributed by atoms with Crippen LogP contribution in [0.5, 0.6) is 0 Å². The number of rotatable bonds is 9. The Balaban J connectivity index is 4.33. The lowest BCUT2D eigenvalue weighted by molar-refractivity contribution is -0.128. The molecule has 0 aromatic carbocycles. The molecule has 0 aliphatic carbocycles. The molecule has 0 atom stereocenters. The molecule has 0 aromatic heterocycles. The van der Waals surface area contributed by atoms with Crippen LogP contribution in [0.15, 0.2) is 4.99 Å². The van der Waals surface area contributed by atoms with Gasteiger partial charge in [-0.25, -0.2) is 0 Å². The summed E-state index contributed by atoms with van der Waals surface area (Å²) in [6.45, 7) is 14.0. The van der Waals surface area contributed by atoms with Gasteiger partial charge in [-0.05, 0) is 34.6 Å². The molecule has 22 heavy (non-hydrogen) atoms. The van der Waals surface area contributed by atoms with E-state index in [2.05, 4.69) is 48.2 Å². The van der Waals surface area contributed by atoms with Gasteiger partial charge in [0.1, 0.15) is 0 Å². The number of nitrogens with zero attached hydrogens (tertiary/aromatic N) is 3. The smallest absolute Gasteiger partial charge is 0.223 e. The molecule has 2 N–H and O–H groups in total. The normalized spacial score (nSPS) is 12.2. The molecule has 0 radical (unpaired) electrons. The van der Waals surface area contributed by atoms with Gasteiger partial charge in [0, 0.05) is 52.2 Å². The first-order valence-corrected chi connectivity index (χ1v) is 8.27. The average molecular weight is 313 g/mol. The minimum atomic E-state index is 0.120. The van der Waals surface area contributed by atoms with E-state index in [1.54, 1.807) is 19.0 Å². The number of aliphatic imine (C=N–C) groups is 1. The zero-order valence-corrected chi connectivity index (χ0v) is 15.4. The Bertz CT molecular complexity index is 331. The number of amides is 1. The molecular formula is C16H35N5O. The lowest BCUT2D eigenvalue weighted by Crippen LogP contribution is -2.41. The fourth-order valence-corrected chi connectivity index (χ4v) is 2.24. The van der Waals surface area contributed by atoms with Crippen molar-refractivity contribution in [1.29, 1.82) is 0 Å². The van der Waals surface area contributed by atoms with Crippen LogP contribution < -0.4 is 10.6 Å². The molecule has 0 heterocycles. The summed E-state index contributed by atoms with van der Waals surface area (Å²) in [4.78, 5) is 20.2. The molecule has 0 bridgehead atoms. The van der Waals surface area contributed by atoms with Crippen LogP contribution in [0, 0.1) is 0 Å². The first kappa shape index (κ1) is 20.7. The monoisotopic (exact) mass is 313 g/mol. The molecule has 0 saturated carbocycles. The number of nitrogens with one attached hydrogen (secondary N) is 2. The third-order valence-corrected chi connectivity index (χ3v) is 3.43. The molecule has 6 heteroatoms. The van der Waals surface area contributed by atoms with Crippen molar-refractivity contribution in [3.8, 4) is 0 Å². The highest BCUT2D eigenvalue weighted by molar-refractivity contribution is 5.81. The van der Waals surface area contributed by atoms with Crippen molar-refractivity contribution in [3.63, 3.8) is 0 Å².